The van der Waals surface area contributed by atoms with Crippen molar-refractivity contribution in [3.8, 4) is 0 Å². The van der Waals surface area contributed by atoms with Crippen LogP contribution in [0.25, 0.3) is 34.4 Å². The van der Waals surface area contributed by atoms with Crippen LogP contribution in [0.5, 0.6) is 0 Å². The van der Waals surface area contributed by atoms with Crippen LogP contribution < -0.4 is 0 Å². The van der Waals surface area contributed by atoms with Crippen molar-refractivity contribution in [2.24, 2.45) is 0 Å². The molecule has 0 aliphatic rings. The maximum atomic E-state index is 5.75. The van der Waals surface area contributed by atoms with Crippen molar-refractivity contribution < 1.29 is 123 Å². The van der Waals surface area contributed by atoms with Crippen molar-refractivity contribution in [2.75, 3.05) is 42.3 Å². The number of hydrogen-bond donors (Lipinski definition) is 0. The number of nitrogens with one attached hydrogen (secondary N) is 6. The molecule has 6 N–H and O–H groups in total. The third kappa shape index (κ3) is 624. The number of hydrogen-bond acceptors (Lipinski definition) is 8. The van der Waals surface area contributed by atoms with E-state index in [4.69, 9.17) is 34.4 Å². The molecule has 6 nitrogen and oxygen atoms in total. The molecule has 0 unspecified atom stereocenters. The van der Waals surface area contributed by atoms with Crippen LogP contribution in [-0.4, -0.2) is 42.3 Å². The Morgan fingerprint density at radius 3 is 0.192 bits per heavy atom. The Kier molecular flexibility index (Phi) is 5450. The summed E-state index contributed by atoms with van der Waals surface area (Å²) in [4.78, 5) is 0. The first-order chi connectivity index (χ1) is 6.00. The minimum atomic E-state index is 0. The molecule has 0 rings (SSSR count). The van der Waals surface area contributed by atoms with E-state index in [0.29, 0.717) is 0 Å². The second kappa shape index (κ2) is 689. The standard InChI is InChI=1S/6CH4N.6Re.8H2S/c6*1-2;;;;;;;;;;;;;;/h6*2H,1H3;;;;;;;8*1H2/q6*-1;;;;;;;;;;;;;;/p-8. The molecule has 0 aliphatic carbocycles. The first kappa shape index (κ1) is 206. The second-order valence-electron chi connectivity index (χ2n) is 0. The van der Waals surface area contributed by atoms with Crippen LogP contribution in [0, 0.1) is 0 Å². The smallest absolute Gasteiger partial charge is 0 e. The van der Waals surface area contributed by atoms with Crippen molar-refractivity contribution in [2.45, 2.75) is 0 Å². The summed E-state index contributed by atoms with van der Waals surface area (Å²) in [6.45, 7) is 0. The molecule has 190 valence electrons. The molecule has 0 aromatic heterocycles. The second-order valence-corrected chi connectivity index (χ2v) is 0. The fraction of sp³-hybridized carbons (Fsp3) is 1.00. The first-order valence-electron chi connectivity index (χ1n) is 3.00. The average molecular weight is 1560 g/mol. The fourth-order valence-corrected chi connectivity index (χ4v) is 0. The molecule has 0 aromatic carbocycles. The van der Waals surface area contributed by atoms with E-state index in [1.165, 1.54) is 42.3 Å². The summed E-state index contributed by atoms with van der Waals surface area (Å²) >= 11 is 0. The maximum Gasteiger partial charge on any atom is 0 e. The van der Waals surface area contributed by atoms with Crippen LogP contribution in [0.4, 0.5) is 0 Å². The van der Waals surface area contributed by atoms with E-state index < -0.39 is 0 Å². The van der Waals surface area contributed by atoms with E-state index >= 15 is 0 Å². The van der Waals surface area contributed by atoms with E-state index in [1.807, 2.05) is 0 Å². The van der Waals surface area contributed by atoms with Crippen LogP contribution in [0.2, 0.25) is 0 Å². The topological polar surface area (TPSA) is 143 Å². The summed E-state index contributed by atoms with van der Waals surface area (Å²) in [5.41, 5.74) is 34.5. The Labute approximate surface area is 302 Å². The van der Waals surface area contributed by atoms with Gasteiger partial charge in [0.05, 0.1) is 0 Å². The zero-order valence-electron chi connectivity index (χ0n) is 14.8. The molecule has 26 heavy (non-hydrogen) atoms. The molecule has 0 amide bonds. The minimum Gasteiger partial charge on any atom is -0.813 e. The van der Waals surface area contributed by atoms with Gasteiger partial charge in [-0.25, -0.2) is 0 Å². The molecule has 0 bridgehead atoms. The van der Waals surface area contributed by atoms with E-state index in [2.05, 4.69) is 0 Å². The average Bonchev–Trinajstić information content (AvgIpc) is 2.33. The predicted molar refractivity (Wildman–Crippen MR) is 132 cm³/mol. The summed E-state index contributed by atoms with van der Waals surface area (Å²) in [5, 5.41) is 0. The molecule has 0 atom stereocenters. The summed E-state index contributed by atoms with van der Waals surface area (Å²) in [6, 6.07) is 0. The Balaban J connectivity index is -0.000000000833. The van der Waals surface area contributed by atoms with Gasteiger partial charge >= 0.3 is 0 Å². The van der Waals surface area contributed by atoms with Gasteiger partial charge in [0.2, 0.25) is 0 Å². The van der Waals surface area contributed by atoms with E-state index in [-0.39, 0.29) is 231 Å². The van der Waals surface area contributed by atoms with Crippen LogP contribution in [-0.2, 0) is 231 Å². The molecule has 0 saturated heterocycles. The van der Waals surface area contributed by atoms with Crippen molar-refractivity contribution in [3.05, 3.63) is 34.4 Å². The van der Waals surface area contributed by atoms with Crippen LogP contribution in [0.15, 0.2) is 0 Å². The van der Waals surface area contributed by atoms with Gasteiger partial charge in [0.25, 0.3) is 0 Å². The quantitative estimate of drug-likeness (QED) is 0.265. The van der Waals surface area contributed by atoms with Crippen molar-refractivity contribution in [1.29, 1.82) is 0 Å². The third-order valence-corrected chi connectivity index (χ3v) is 0. The molecule has 0 saturated carbocycles. The number of thiol groups is 8. The summed E-state index contributed by atoms with van der Waals surface area (Å²) in [5.74, 6) is 0. The first-order valence-corrected chi connectivity index (χ1v) is 3.00. The zero-order valence-corrected chi connectivity index (χ0v) is 38.3. The minimum absolute atomic E-state index is 0. The van der Waals surface area contributed by atoms with E-state index in [0.717, 1.165) is 0 Å². The van der Waals surface area contributed by atoms with Crippen LogP contribution in [0.1, 0.15) is 0 Å². The van der Waals surface area contributed by atoms with Gasteiger partial charge in [-0.1, -0.05) is 0 Å². The molecule has 6 radical (unpaired) electrons. The Hall–Kier alpha value is 6.53. The van der Waals surface area contributed by atoms with Gasteiger partial charge in [0.15, 0.2) is 0 Å². The molecule has 0 spiro atoms. The molecular formula is C6H32N6Re6S8-14. The van der Waals surface area contributed by atoms with Crippen molar-refractivity contribution >= 4 is 108 Å². The maximum absolute atomic E-state index is 5.75. The Morgan fingerprint density at radius 2 is 0.192 bits per heavy atom. The van der Waals surface area contributed by atoms with Gasteiger partial charge in [-0.15, -0.1) is 0 Å². The monoisotopic (exact) mass is 1570 g/mol. The van der Waals surface area contributed by atoms with Crippen LogP contribution >= 0.6 is 0 Å². The van der Waals surface area contributed by atoms with Crippen molar-refractivity contribution in [3.63, 3.8) is 0 Å². The summed E-state index contributed by atoms with van der Waals surface area (Å²) in [6.07, 6.45) is 0. The van der Waals surface area contributed by atoms with Gasteiger partial charge in [-0.05, 0) is 0 Å². The van der Waals surface area contributed by atoms with Gasteiger partial charge in [-0.2, -0.15) is 42.3 Å². The Morgan fingerprint density at radius 1 is 0.192 bits per heavy atom. The van der Waals surface area contributed by atoms with Gasteiger partial charge in [-0.3, -0.25) is 0 Å². The van der Waals surface area contributed by atoms with E-state index in [9.17, 15) is 0 Å². The molecular weight excluding hydrogens is 1530 g/mol. The fourth-order valence-electron chi connectivity index (χ4n) is 0. The molecule has 20 heteroatoms. The third-order valence-electron chi connectivity index (χ3n) is 0. The molecule has 0 aromatic rings. The zero-order chi connectivity index (χ0) is 12.0. The molecule has 0 fully saturated rings. The summed E-state index contributed by atoms with van der Waals surface area (Å²) < 4.78 is 0. The predicted octanol–water partition coefficient (Wildman–Crippen LogP) is 1.83. The normalized spacial score (nSPS) is 1.38. The van der Waals surface area contributed by atoms with Gasteiger partial charge < -0.3 is 142 Å². The van der Waals surface area contributed by atoms with Crippen molar-refractivity contribution in [1.82, 2.24) is 0 Å². The van der Waals surface area contributed by atoms with E-state index in [1.54, 1.807) is 0 Å². The Bertz CT molecular complexity index is 51.7. The van der Waals surface area contributed by atoms with Gasteiger partial charge in [0, 0.05) is 123 Å². The largest absolute Gasteiger partial charge is 0.813 e. The SMILES string of the molecule is C[NH-].C[NH-].C[NH-].C[NH-].C[NH-].C[NH-].[Re].[Re].[Re].[Re].[Re].[Re].[SH-].[SH-].[SH-].[SH-].[SH-].[SH-].[SH-].[SH-]. The molecule has 0 aliphatic heterocycles. The number of rotatable bonds is 0. The van der Waals surface area contributed by atoms with Gasteiger partial charge in [0.1, 0.15) is 0 Å². The van der Waals surface area contributed by atoms with Crippen LogP contribution in [0.3, 0.4) is 0 Å². The molecule has 0 heterocycles. The summed E-state index contributed by atoms with van der Waals surface area (Å²) in [7, 11) is 7.50.